The molecule has 3 aromatic rings. The number of hydrogen-bond donors (Lipinski definition) is 0. The maximum atomic E-state index is 12.1. The lowest BCUT2D eigenvalue weighted by Gasteiger charge is -2.15. The predicted molar refractivity (Wildman–Crippen MR) is 133 cm³/mol. The summed E-state index contributed by atoms with van der Waals surface area (Å²) in [5.41, 5.74) is 6.92. The van der Waals surface area contributed by atoms with Crippen molar-refractivity contribution in [2.45, 2.75) is 26.4 Å². The van der Waals surface area contributed by atoms with E-state index in [1.807, 2.05) is 37.3 Å². The van der Waals surface area contributed by atoms with Crippen LogP contribution < -0.4 is 9.47 Å². The minimum Gasteiger partial charge on any atom is -0.497 e. The van der Waals surface area contributed by atoms with Crippen LogP contribution in [0.15, 0.2) is 72.8 Å². The van der Waals surface area contributed by atoms with Crippen molar-refractivity contribution in [2.75, 3.05) is 26.9 Å². The van der Waals surface area contributed by atoms with Crippen LogP contribution in [-0.2, 0) is 20.7 Å². The minimum atomic E-state index is -0.595. The van der Waals surface area contributed by atoms with Gasteiger partial charge in [0.1, 0.15) is 18.1 Å². The van der Waals surface area contributed by atoms with E-state index in [4.69, 9.17) is 18.9 Å². The van der Waals surface area contributed by atoms with Crippen LogP contribution in [0.1, 0.15) is 30.5 Å². The molecule has 1 unspecified atom stereocenters. The maximum absolute atomic E-state index is 12.1. The van der Waals surface area contributed by atoms with Gasteiger partial charge in [0.25, 0.3) is 0 Å². The van der Waals surface area contributed by atoms with Crippen molar-refractivity contribution < 1.29 is 23.7 Å². The van der Waals surface area contributed by atoms with Gasteiger partial charge in [-0.1, -0.05) is 42.5 Å². The SMILES string of the molecule is CCOC(=O)C(Cc1ccc(OC/C=C2/c3ccccc3-c3cc(OC)ccc32)cc1)OCC. The second-order valence-electron chi connectivity index (χ2n) is 7.93. The maximum Gasteiger partial charge on any atom is 0.335 e. The topological polar surface area (TPSA) is 54.0 Å². The van der Waals surface area contributed by atoms with Crippen molar-refractivity contribution in [1.82, 2.24) is 0 Å². The van der Waals surface area contributed by atoms with Crippen LogP contribution in [0.4, 0.5) is 0 Å². The van der Waals surface area contributed by atoms with E-state index < -0.39 is 6.10 Å². The lowest BCUT2D eigenvalue weighted by molar-refractivity contribution is -0.156. The van der Waals surface area contributed by atoms with E-state index in [1.54, 1.807) is 14.0 Å². The van der Waals surface area contributed by atoms with E-state index in [1.165, 1.54) is 27.8 Å². The average Bonchev–Trinajstić information content (AvgIpc) is 3.18. The second kappa shape index (κ2) is 11.0. The van der Waals surface area contributed by atoms with Gasteiger partial charge < -0.3 is 18.9 Å². The Morgan fingerprint density at radius 1 is 0.853 bits per heavy atom. The predicted octanol–water partition coefficient (Wildman–Crippen LogP) is 5.70. The molecule has 1 aliphatic carbocycles. The fourth-order valence-corrected chi connectivity index (χ4v) is 4.23. The monoisotopic (exact) mass is 458 g/mol. The number of benzene rings is 3. The van der Waals surface area contributed by atoms with Crippen LogP contribution >= 0.6 is 0 Å². The molecule has 176 valence electrons. The van der Waals surface area contributed by atoms with Gasteiger partial charge in [-0.25, -0.2) is 4.79 Å². The van der Waals surface area contributed by atoms with Crippen LogP contribution in [0.5, 0.6) is 11.5 Å². The number of ether oxygens (including phenoxy) is 4. The summed E-state index contributed by atoms with van der Waals surface area (Å²) in [6.07, 6.45) is 1.99. The van der Waals surface area contributed by atoms with E-state index in [9.17, 15) is 4.79 Å². The molecule has 0 aliphatic heterocycles. The molecule has 0 N–H and O–H groups in total. The first kappa shape index (κ1) is 23.6. The number of rotatable bonds is 10. The molecule has 0 saturated carbocycles. The molecule has 0 heterocycles. The molecule has 0 spiro atoms. The Hall–Kier alpha value is -3.57. The molecule has 0 saturated heterocycles. The molecular weight excluding hydrogens is 428 g/mol. The van der Waals surface area contributed by atoms with Gasteiger partial charge in [0.2, 0.25) is 0 Å². The highest BCUT2D eigenvalue weighted by molar-refractivity contribution is 6.01. The van der Waals surface area contributed by atoms with Gasteiger partial charge in [-0.05, 0) is 77.6 Å². The molecule has 3 aromatic carbocycles. The first-order chi connectivity index (χ1) is 16.6. The Balaban J connectivity index is 1.44. The standard InChI is InChI=1S/C29H30O5/c1-4-32-28(29(30)33-5-2)18-20-10-12-21(13-11-20)34-17-16-26-23-8-6-7-9-24(23)27-19-22(31-3)14-15-25(26)27/h6-16,19,28H,4-5,17-18H2,1-3H3/b26-16-. The van der Waals surface area contributed by atoms with E-state index in [-0.39, 0.29) is 5.97 Å². The average molecular weight is 459 g/mol. The van der Waals surface area contributed by atoms with Crippen molar-refractivity contribution in [2.24, 2.45) is 0 Å². The molecule has 0 amide bonds. The number of hydrogen-bond acceptors (Lipinski definition) is 5. The van der Waals surface area contributed by atoms with E-state index >= 15 is 0 Å². The van der Waals surface area contributed by atoms with Gasteiger partial charge >= 0.3 is 5.97 Å². The highest BCUT2D eigenvalue weighted by atomic mass is 16.6. The van der Waals surface area contributed by atoms with E-state index in [0.717, 1.165) is 17.1 Å². The third-order valence-corrected chi connectivity index (χ3v) is 5.82. The largest absolute Gasteiger partial charge is 0.497 e. The third-order valence-electron chi connectivity index (χ3n) is 5.82. The fraction of sp³-hybridized carbons (Fsp3) is 0.276. The Morgan fingerprint density at radius 2 is 1.56 bits per heavy atom. The zero-order valence-corrected chi connectivity index (χ0v) is 19.9. The molecule has 0 bridgehead atoms. The molecule has 0 aromatic heterocycles. The van der Waals surface area contributed by atoms with Gasteiger partial charge in [-0.2, -0.15) is 0 Å². The Bertz CT molecular complexity index is 1160. The smallest absolute Gasteiger partial charge is 0.335 e. The Morgan fingerprint density at radius 3 is 2.26 bits per heavy atom. The summed E-state index contributed by atoms with van der Waals surface area (Å²) in [5, 5.41) is 0. The number of fused-ring (bicyclic) bond motifs is 3. The molecule has 4 rings (SSSR count). The summed E-state index contributed by atoms with van der Waals surface area (Å²) in [6.45, 7) is 4.90. The lowest BCUT2D eigenvalue weighted by atomic mass is 10.0. The van der Waals surface area contributed by atoms with E-state index in [0.29, 0.717) is 26.2 Å². The van der Waals surface area contributed by atoms with Crippen LogP contribution in [-0.4, -0.2) is 39.0 Å². The van der Waals surface area contributed by atoms with Crippen molar-refractivity contribution in [3.05, 3.63) is 89.5 Å². The summed E-state index contributed by atoms with van der Waals surface area (Å²) in [6, 6.07) is 22.3. The van der Waals surface area contributed by atoms with Crippen molar-refractivity contribution in [1.29, 1.82) is 0 Å². The molecule has 5 nitrogen and oxygen atoms in total. The van der Waals surface area contributed by atoms with Gasteiger partial charge in [-0.15, -0.1) is 0 Å². The number of carbonyl (C=O) groups is 1. The number of carbonyl (C=O) groups excluding carboxylic acids is 1. The van der Waals surface area contributed by atoms with Crippen LogP contribution in [0.3, 0.4) is 0 Å². The van der Waals surface area contributed by atoms with Crippen LogP contribution in [0.2, 0.25) is 0 Å². The van der Waals surface area contributed by atoms with Crippen molar-refractivity contribution in [3.63, 3.8) is 0 Å². The van der Waals surface area contributed by atoms with Gasteiger partial charge in [0.15, 0.2) is 6.10 Å². The number of methoxy groups -OCH3 is 1. The van der Waals surface area contributed by atoms with E-state index in [2.05, 4.69) is 42.5 Å². The summed E-state index contributed by atoms with van der Waals surface area (Å²) in [7, 11) is 1.69. The molecule has 0 radical (unpaired) electrons. The molecule has 5 heteroatoms. The van der Waals surface area contributed by atoms with Gasteiger partial charge in [0.05, 0.1) is 13.7 Å². The highest BCUT2D eigenvalue weighted by Gasteiger charge is 2.23. The molecule has 34 heavy (non-hydrogen) atoms. The zero-order chi connectivity index (χ0) is 23.9. The van der Waals surface area contributed by atoms with Crippen LogP contribution in [0.25, 0.3) is 16.7 Å². The first-order valence-corrected chi connectivity index (χ1v) is 11.6. The minimum absolute atomic E-state index is 0.328. The zero-order valence-electron chi connectivity index (χ0n) is 19.9. The van der Waals surface area contributed by atoms with Gasteiger partial charge in [0, 0.05) is 13.0 Å². The Labute approximate surface area is 200 Å². The van der Waals surface area contributed by atoms with Crippen molar-refractivity contribution in [3.8, 4) is 22.6 Å². The van der Waals surface area contributed by atoms with Crippen molar-refractivity contribution >= 4 is 11.5 Å². The molecule has 0 fully saturated rings. The third kappa shape index (κ3) is 5.15. The quantitative estimate of drug-likeness (QED) is 0.286. The summed E-state index contributed by atoms with van der Waals surface area (Å²) in [4.78, 5) is 12.1. The summed E-state index contributed by atoms with van der Waals surface area (Å²) < 4.78 is 22.1. The molecule has 1 aliphatic rings. The second-order valence-corrected chi connectivity index (χ2v) is 7.93. The highest BCUT2D eigenvalue weighted by Crippen LogP contribution is 2.45. The summed E-state index contributed by atoms with van der Waals surface area (Å²) >= 11 is 0. The lowest BCUT2D eigenvalue weighted by Crippen LogP contribution is -2.28. The fourth-order valence-electron chi connectivity index (χ4n) is 4.23. The normalized spacial score (nSPS) is 13.8. The molecule has 1 atom stereocenters. The molecular formula is C29H30O5. The first-order valence-electron chi connectivity index (χ1n) is 11.6. The Kier molecular flexibility index (Phi) is 7.65. The summed E-state index contributed by atoms with van der Waals surface area (Å²) in [5.74, 6) is 1.29. The number of esters is 1. The van der Waals surface area contributed by atoms with Gasteiger partial charge in [-0.3, -0.25) is 0 Å². The van der Waals surface area contributed by atoms with Crippen LogP contribution in [0, 0.1) is 0 Å².